The second kappa shape index (κ2) is 6.72. The molecule has 1 fully saturated rings. The number of hydrogen-bond acceptors (Lipinski definition) is 4. The molecule has 7 nitrogen and oxygen atoms in total. The molecule has 2 aliphatic rings. The standard InChI is InChI=1S/C20H24N4O3/c1-12(2)27-20(26)23-11-13(3)24(19(25)14-4-5-14)17-7-6-15(8-18(17)23)16-9-21-22-10-16/h6-10,12-14H,4-5,11H2,1-3H3,(H,21,22)/t13-/m0/s1. The lowest BCUT2D eigenvalue weighted by Crippen LogP contribution is -2.52. The van der Waals surface area contributed by atoms with Crippen LogP contribution < -0.4 is 9.80 Å². The zero-order valence-corrected chi connectivity index (χ0v) is 15.8. The van der Waals surface area contributed by atoms with Crippen molar-refractivity contribution < 1.29 is 14.3 Å². The predicted molar refractivity (Wildman–Crippen MR) is 103 cm³/mol. The fourth-order valence-corrected chi connectivity index (χ4v) is 3.51. The van der Waals surface area contributed by atoms with Gasteiger partial charge < -0.3 is 9.64 Å². The first kappa shape index (κ1) is 17.6. The van der Waals surface area contributed by atoms with Crippen LogP contribution in [0.15, 0.2) is 30.6 Å². The minimum absolute atomic E-state index is 0.106. The van der Waals surface area contributed by atoms with Gasteiger partial charge in [-0.2, -0.15) is 5.10 Å². The molecular formula is C20H24N4O3. The van der Waals surface area contributed by atoms with Gasteiger partial charge in [-0.1, -0.05) is 6.07 Å². The Balaban J connectivity index is 1.78. The lowest BCUT2D eigenvalue weighted by Gasteiger charge is -2.41. The van der Waals surface area contributed by atoms with Crippen molar-refractivity contribution in [1.29, 1.82) is 0 Å². The van der Waals surface area contributed by atoms with Crippen molar-refractivity contribution in [3.8, 4) is 11.1 Å². The first-order chi connectivity index (χ1) is 13.0. The first-order valence-corrected chi connectivity index (χ1v) is 9.40. The van der Waals surface area contributed by atoms with Gasteiger partial charge in [-0.15, -0.1) is 0 Å². The Bertz CT molecular complexity index is 858. The predicted octanol–water partition coefficient (Wildman–Crippen LogP) is 3.57. The zero-order chi connectivity index (χ0) is 19.1. The van der Waals surface area contributed by atoms with Crippen molar-refractivity contribution in [2.24, 2.45) is 5.92 Å². The molecule has 142 valence electrons. The molecule has 1 aromatic carbocycles. The van der Waals surface area contributed by atoms with Gasteiger partial charge in [-0.3, -0.25) is 14.8 Å². The molecule has 1 N–H and O–H groups in total. The highest BCUT2D eigenvalue weighted by Gasteiger charge is 2.41. The number of benzene rings is 1. The number of carbonyl (C=O) groups is 2. The molecule has 4 rings (SSSR count). The Morgan fingerprint density at radius 2 is 2.00 bits per heavy atom. The molecule has 1 atom stereocenters. The lowest BCUT2D eigenvalue weighted by atomic mass is 10.0. The summed E-state index contributed by atoms with van der Waals surface area (Å²) in [6, 6.07) is 5.70. The zero-order valence-electron chi connectivity index (χ0n) is 15.8. The number of aromatic nitrogens is 2. The summed E-state index contributed by atoms with van der Waals surface area (Å²) in [5.41, 5.74) is 3.32. The van der Waals surface area contributed by atoms with E-state index < -0.39 is 0 Å². The van der Waals surface area contributed by atoms with E-state index in [2.05, 4.69) is 10.2 Å². The molecule has 1 saturated carbocycles. The quantitative estimate of drug-likeness (QED) is 0.898. The van der Waals surface area contributed by atoms with Crippen molar-refractivity contribution in [3.05, 3.63) is 30.6 Å². The van der Waals surface area contributed by atoms with Crippen molar-refractivity contribution >= 4 is 23.4 Å². The van der Waals surface area contributed by atoms with Crippen LogP contribution in [-0.2, 0) is 9.53 Å². The number of ether oxygens (including phenoxy) is 1. The minimum atomic E-state index is -0.388. The van der Waals surface area contributed by atoms with E-state index in [4.69, 9.17) is 4.74 Å². The van der Waals surface area contributed by atoms with E-state index in [1.54, 1.807) is 17.3 Å². The van der Waals surface area contributed by atoms with E-state index >= 15 is 0 Å². The maximum Gasteiger partial charge on any atom is 0.414 e. The van der Waals surface area contributed by atoms with E-state index in [-0.39, 0.29) is 30.1 Å². The van der Waals surface area contributed by atoms with Gasteiger partial charge in [-0.05, 0) is 51.3 Å². The molecule has 0 spiro atoms. The molecule has 2 heterocycles. The maximum absolute atomic E-state index is 12.9. The van der Waals surface area contributed by atoms with Gasteiger partial charge in [0, 0.05) is 24.2 Å². The summed E-state index contributed by atoms with van der Waals surface area (Å²) in [6.07, 6.45) is 4.84. The number of H-pyrrole nitrogens is 1. The van der Waals surface area contributed by atoms with Crippen LogP contribution in [0.5, 0.6) is 0 Å². The fourth-order valence-electron chi connectivity index (χ4n) is 3.51. The lowest BCUT2D eigenvalue weighted by molar-refractivity contribution is -0.120. The summed E-state index contributed by atoms with van der Waals surface area (Å²) in [7, 11) is 0. The second-order valence-electron chi connectivity index (χ2n) is 7.57. The number of nitrogens with one attached hydrogen (secondary N) is 1. The number of rotatable bonds is 3. The van der Waals surface area contributed by atoms with E-state index in [0.29, 0.717) is 12.2 Å². The van der Waals surface area contributed by atoms with E-state index in [1.807, 2.05) is 43.9 Å². The largest absolute Gasteiger partial charge is 0.446 e. The highest BCUT2D eigenvalue weighted by atomic mass is 16.6. The van der Waals surface area contributed by atoms with Crippen LogP contribution in [0.1, 0.15) is 33.6 Å². The Morgan fingerprint density at radius 3 is 2.63 bits per heavy atom. The summed E-state index contributed by atoms with van der Waals surface area (Å²) in [5, 5.41) is 6.80. The van der Waals surface area contributed by atoms with Gasteiger partial charge in [-0.25, -0.2) is 4.79 Å². The Hall–Kier alpha value is -2.83. The van der Waals surface area contributed by atoms with Crippen LogP contribution in [-0.4, -0.2) is 40.9 Å². The number of aromatic amines is 1. The van der Waals surface area contributed by atoms with Crippen molar-refractivity contribution in [2.45, 2.75) is 45.8 Å². The van der Waals surface area contributed by atoms with Gasteiger partial charge in [0.15, 0.2) is 0 Å². The van der Waals surface area contributed by atoms with E-state index in [1.165, 1.54) is 0 Å². The molecule has 2 amide bonds. The normalized spacial score (nSPS) is 19.2. The molecule has 1 aromatic heterocycles. The minimum Gasteiger partial charge on any atom is -0.446 e. The SMILES string of the molecule is CC(C)OC(=O)N1C[C@H](C)N(C(=O)C2CC2)c2ccc(-c3cn[nH]c3)cc21. The molecule has 0 bridgehead atoms. The van der Waals surface area contributed by atoms with Crippen LogP contribution in [0.4, 0.5) is 16.2 Å². The summed E-state index contributed by atoms with van der Waals surface area (Å²) in [5.74, 6) is 0.264. The number of hydrogen-bond donors (Lipinski definition) is 1. The third-order valence-corrected chi connectivity index (χ3v) is 4.97. The third kappa shape index (κ3) is 3.29. The molecular weight excluding hydrogens is 344 g/mol. The summed E-state index contributed by atoms with van der Waals surface area (Å²) < 4.78 is 5.45. The molecule has 0 unspecified atom stereocenters. The molecule has 2 aromatic rings. The number of amides is 2. The molecule has 0 radical (unpaired) electrons. The molecule has 1 aliphatic heterocycles. The first-order valence-electron chi connectivity index (χ1n) is 9.40. The molecule has 0 saturated heterocycles. The van der Waals surface area contributed by atoms with Crippen molar-refractivity contribution in [1.82, 2.24) is 10.2 Å². The fraction of sp³-hybridized carbons (Fsp3) is 0.450. The maximum atomic E-state index is 12.9. The molecule has 7 heteroatoms. The van der Waals surface area contributed by atoms with Crippen LogP contribution in [0.2, 0.25) is 0 Å². The average Bonchev–Trinajstić information content (AvgIpc) is 3.34. The highest BCUT2D eigenvalue weighted by molar-refractivity contribution is 6.05. The van der Waals surface area contributed by atoms with E-state index in [9.17, 15) is 9.59 Å². The monoisotopic (exact) mass is 368 g/mol. The Kier molecular flexibility index (Phi) is 4.37. The van der Waals surface area contributed by atoms with Crippen molar-refractivity contribution in [2.75, 3.05) is 16.3 Å². The number of carbonyl (C=O) groups excluding carboxylic acids is 2. The Morgan fingerprint density at radius 1 is 1.22 bits per heavy atom. The second-order valence-corrected chi connectivity index (χ2v) is 7.57. The number of anilines is 2. The topological polar surface area (TPSA) is 78.5 Å². The summed E-state index contributed by atoms with van der Waals surface area (Å²) in [4.78, 5) is 29.1. The van der Waals surface area contributed by atoms with Crippen LogP contribution in [0.25, 0.3) is 11.1 Å². The summed E-state index contributed by atoms with van der Waals surface area (Å²) in [6.45, 7) is 6.04. The summed E-state index contributed by atoms with van der Waals surface area (Å²) >= 11 is 0. The van der Waals surface area contributed by atoms with E-state index in [0.717, 1.165) is 29.7 Å². The van der Waals surface area contributed by atoms with Crippen LogP contribution in [0, 0.1) is 5.92 Å². The van der Waals surface area contributed by atoms with Gasteiger partial charge in [0.1, 0.15) is 0 Å². The molecule has 27 heavy (non-hydrogen) atoms. The number of nitrogens with zero attached hydrogens (tertiary/aromatic N) is 3. The third-order valence-electron chi connectivity index (χ3n) is 4.97. The highest BCUT2D eigenvalue weighted by Crippen LogP contribution is 2.42. The average molecular weight is 368 g/mol. The van der Waals surface area contributed by atoms with Crippen molar-refractivity contribution in [3.63, 3.8) is 0 Å². The molecule has 1 aliphatic carbocycles. The smallest absolute Gasteiger partial charge is 0.414 e. The van der Waals surface area contributed by atoms with Gasteiger partial charge in [0.05, 0.1) is 29.7 Å². The van der Waals surface area contributed by atoms with Gasteiger partial charge in [0.25, 0.3) is 0 Å². The van der Waals surface area contributed by atoms with Crippen LogP contribution in [0.3, 0.4) is 0 Å². The van der Waals surface area contributed by atoms with Gasteiger partial charge >= 0.3 is 6.09 Å². The Labute approximate surface area is 158 Å². The van der Waals surface area contributed by atoms with Gasteiger partial charge in [0.2, 0.25) is 5.91 Å². The van der Waals surface area contributed by atoms with Crippen LogP contribution >= 0.6 is 0 Å². The number of fused-ring (bicyclic) bond motifs is 1.